The summed E-state index contributed by atoms with van der Waals surface area (Å²) in [5.74, 6) is 0.190. The molecule has 7 nitrogen and oxygen atoms in total. The summed E-state index contributed by atoms with van der Waals surface area (Å²) in [6.45, 7) is 5.43. The molecule has 2 rings (SSSR count). The number of unbranched alkanes of at least 4 members (excludes halogenated alkanes) is 1. The lowest BCUT2D eigenvalue weighted by Gasteiger charge is -2.26. The third kappa shape index (κ3) is 8.13. The molecule has 1 atom stereocenters. The van der Waals surface area contributed by atoms with Gasteiger partial charge in [-0.3, -0.25) is 0 Å². The lowest BCUT2D eigenvalue weighted by Crippen LogP contribution is -2.43. The quantitative estimate of drug-likeness (QED) is 0.450. The first-order chi connectivity index (χ1) is 15.3. The van der Waals surface area contributed by atoms with Crippen LogP contribution in [0.5, 0.6) is 11.5 Å². The predicted molar refractivity (Wildman–Crippen MR) is 124 cm³/mol. The minimum Gasteiger partial charge on any atom is -0.494 e. The Kier molecular flexibility index (Phi) is 9.85. The second-order valence-electron chi connectivity index (χ2n) is 7.98. The average Bonchev–Trinajstić information content (AvgIpc) is 2.78. The maximum absolute atomic E-state index is 11.9. The van der Waals surface area contributed by atoms with Gasteiger partial charge < -0.3 is 24.8 Å². The van der Waals surface area contributed by atoms with Crippen molar-refractivity contribution in [1.29, 1.82) is 0 Å². The Hall–Kier alpha value is -3.22. The van der Waals surface area contributed by atoms with E-state index in [1.807, 2.05) is 30.3 Å². The Morgan fingerprint density at radius 2 is 1.72 bits per heavy atom. The third-order valence-electron chi connectivity index (χ3n) is 5.06. The van der Waals surface area contributed by atoms with Gasteiger partial charge in [-0.15, -0.1) is 0 Å². The van der Waals surface area contributed by atoms with E-state index in [-0.39, 0.29) is 12.5 Å². The monoisotopic (exact) mass is 442 g/mol. The summed E-state index contributed by atoms with van der Waals surface area (Å²) in [5, 5.41) is 12.6. The van der Waals surface area contributed by atoms with Gasteiger partial charge in [0.25, 0.3) is 0 Å². The topological polar surface area (TPSA) is 88.1 Å². The van der Waals surface area contributed by atoms with Crippen LogP contribution in [-0.4, -0.2) is 54.4 Å². The zero-order valence-electron chi connectivity index (χ0n) is 19.2. The second kappa shape index (κ2) is 12.6. The summed E-state index contributed by atoms with van der Waals surface area (Å²) < 4.78 is 11.5. The molecule has 2 N–H and O–H groups in total. The van der Waals surface area contributed by atoms with E-state index < -0.39 is 11.6 Å². The number of nitrogens with zero attached hydrogens (tertiary/aromatic N) is 1. The first kappa shape index (κ1) is 25.0. The second-order valence-corrected chi connectivity index (χ2v) is 7.98. The van der Waals surface area contributed by atoms with E-state index in [1.54, 1.807) is 43.1 Å². The van der Waals surface area contributed by atoms with Gasteiger partial charge >= 0.3 is 12.0 Å². The first-order valence-electron chi connectivity index (χ1n) is 11.0. The lowest BCUT2D eigenvalue weighted by atomic mass is 9.96. The molecule has 0 bridgehead atoms. The SMILES string of the molecule is CCCCNC(=O)N(C)CCCOc1ccc(C[C@](C)(Oc2ccccc2)C(=O)O)cc1. The number of amides is 2. The molecule has 0 fully saturated rings. The van der Waals surface area contributed by atoms with E-state index >= 15 is 0 Å². The number of benzene rings is 2. The maximum Gasteiger partial charge on any atom is 0.348 e. The Balaban J connectivity index is 1.81. The number of carboxylic acid groups (broad SMARTS) is 1. The number of carbonyl (C=O) groups is 2. The number of aliphatic carboxylic acids is 1. The van der Waals surface area contributed by atoms with Crippen molar-refractivity contribution < 1.29 is 24.2 Å². The van der Waals surface area contributed by atoms with Crippen molar-refractivity contribution in [2.75, 3.05) is 26.7 Å². The van der Waals surface area contributed by atoms with Crippen LogP contribution in [-0.2, 0) is 11.2 Å². The largest absolute Gasteiger partial charge is 0.494 e. The van der Waals surface area contributed by atoms with Gasteiger partial charge in [0, 0.05) is 26.6 Å². The summed E-state index contributed by atoms with van der Waals surface area (Å²) in [7, 11) is 1.77. The summed E-state index contributed by atoms with van der Waals surface area (Å²) in [6, 6.07) is 16.2. The molecular formula is C25H34N2O5. The number of carbonyl (C=O) groups excluding carboxylic acids is 1. The van der Waals surface area contributed by atoms with Crippen molar-refractivity contribution in [3.8, 4) is 11.5 Å². The predicted octanol–water partition coefficient (Wildman–Crippen LogP) is 4.36. The molecule has 0 radical (unpaired) electrons. The lowest BCUT2D eigenvalue weighted by molar-refractivity contribution is -0.153. The van der Waals surface area contributed by atoms with Crippen molar-refractivity contribution in [2.24, 2.45) is 0 Å². The number of carboxylic acids is 1. The van der Waals surface area contributed by atoms with Crippen molar-refractivity contribution in [2.45, 2.75) is 45.1 Å². The average molecular weight is 443 g/mol. The molecule has 0 unspecified atom stereocenters. The fourth-order valence-electron chi connectivity index (χ4n) is 3.10. The first-order valence-corrected chi connectivity index (χ1v) is 11.0. The fraction of sp³-hybridized carbons (Fsp3) is 0.440. The van der Waals surface area contributed by atoms with E-state index in [4.69, 9.17) is 9.47 Å². The highest BCUT2D eigenvalue weighted by atomic mass is 16.5. The molecule has 2 amide bonds. The Bertz CT molecular complexity index is 841. The van der Waals surface area contributed by atoms with Gasteiger partial charge in [-0.25, -0.2) is 9.59 Å². The van der Waals surface area contributed by atoms with Crippen LogP contribution in [0.25, 0.3) is 0 Å². The number of ether oxygens (including phenoxy) is 2. The van der Waals surface area contributed by atoms with Gasteiger partial charge in [0.05, 0.1) is 6.61 Å². The molecule has 2 aromatic rings. The Morgan fingerprint density at radius 3 is 2.34 bits per heavy atom. The number of rotatable bonds is 13. The molecule has 0 aliphatic rings. The van der Waals surface area contributed by atoms with Crippen LogP contribution in [0.4, 0.5) is 4.79 Å². The number of hydrogen-bond acceptors (Lipinski definition) is 4. The van der Waals surface area contributed by atoms with Crippen molar-refractivity contribution in [3.63, 3.8) is 0 Å². The standard InChI is InChI=1S/C25H34N2O5/c1-4-5-16-26-24(30)27(3)17-9-18-31-21-14-12-20(13-15-21)19-25(2,23(28)29)32-22-10-7-6-8-11-22/h6-8,10-15H,4-5,9,16-19H2,1-3H3,(H,26,30)(H,28,29)/t25-/m0/s1. The van der Waals surface area contributed by atoms with Crippen LogP contribution in [0.2, 0.25) is 0 Å². The van der Waals surface area contributed by atoms with Crippen molar-refractivity contribution >= 4 is 12.0 Å². The highest BCUT2D eigenvalue weighted by Crippen LogP contribution is 2.24. The minimum absolute atomic E-state index is 0.0676. The molecule has 2 aromatic carbocycles. The maximum atomic E-state index is 11.9. The summed E-state index contributed by atoms with van der Waals surface area (Å²) in [6.07, 6.45) is 2.95. The van der Waals surface area contributed by atoms with Crippen molar-refractivity contribution in [3.05, 3.63) is 60.2 Å². The van der Waals surface area contributed by atoms with Gasteiger partial charge in [-0.1, -0.05) is 43.7 Å². The zero-order chi connectivity index (χ0) is 23.4. The summed E-state index contributed by atoms with van der Waals surface area (Å²) in [5.41, 5.74) is -0.548. The van der Waals surface area contributed by atoms with Gasteiger partial charge in [0.15, 0.2) is 0 Å². The molecule has 32 heavy (non-hydrogen) atoms. The fourth-order valence-corrected chi connectivity index (χ4v) is 3.10. The van der Waals surface area contributed by atoms with E-state index in [1.165, 1.54) is 0 Å². The van der Waals surface area contributed by atoms with Crippen LogP contribution in [0, 0.1) is 0 Å². The molecular weight excluding hydrogens is 408 g/mol. The van der Waals surface area contributed by atoms with Crippen molar-refractivity contribution in [1.82, 2.24) is 10.2 Å². The number of urea groups is 1. The molecule has 0 spiro atoms. The third-order valence-corrected chi connectivity index (χ3v) is 5.06. The molecule has 174 valence electrons. The molecule has 0 aromatic heterocycles. The van der Waals surface area contributed by atoms with E-state index in [0.29, 0.717) is 37.6 Å². The van der Waals surface area contributed by atoms with Crippen LogP contribution in [0.15, 0.2) is 54.6 Å². The smallest absolute Gasteiger partial charge is 0.348 e. The highest BCUT2D eigenvalue weighted by Gasteiger charge is 2.36. The van der Waals surface area contributed by atoms with Crippen LogP contribution >= 0.6 is 0 Å². The molecule has 0 saturated carbocycles. The Morgan fingerprint density at radius 1 is 1.03 bits per heavy atom. The Labute approximate surface area is 190 Å². The molecule has 0 heterocycles. The summed E-state index contributed by atoms with van der Waals surface area (Å²) >= 11 is 0. The van der Waals surface area contributed by atoms with Gasteiger partial charge in [0.1, 0.15) is 11.5 Å². The molecule has 7 heteroatoms. The van der Waals surface area contributed by atoms with Gasteiger partial charge in [0.2, 0.25) is 5.60 Å². The van der Waals surface area contributed by atoms with E-state index in [2.05, 4.69) is 12.2 Å². The van der Waals surface area contributed by atoms with E-state index in [9.17, 15) is 14.7 Å². The number of nitrogens with one attached hydrogen (secondary N) is 1. The minimum atomic E-state index is -1.38. The molecule has 0 aliphatic heterocycles. The molecule has 0 aliphatic carbocycles. The number of hydrogen-bond donors (Lipinski definition) is 2. The molecule has 0 saturated heterocycles. The van der Waals surface area contributed by atoms with Crippen LogP contribution in [0.1, 0.15) is 38.7 Å². The normalized spacial score (nSPS) is 12.5. The summed E-state index contributed by atoms with van der Waals surface area (Å²) in [4.78, 5) is 25.4. The number of para-hydroxylation sites is 1. The van der Waals surface area contributed by atoms with Gasteiger partial charge in [-0.2, -0.15) is 0 Å². The van der Waals surface area contributed by atoms with E-state index in [0.717, 1.165) is 18.4 Å². The highest BCUT2D eigenvalue weighted by molar-refractivity contribution is 5.78. The van der Waals surface area contributed by atoms with Crippen LogP contribution < -0.4 is 14.8 Å². The zero-order valence-corrected chi connectivity index (χ0v) is 19.2. The van der Waals surface area contributed by atoms with Crippen LogP contribution in [0.3, 0.4) is 0 Å². The van der Waals surface area contributed by atoms with Gasteiger partial charge in [-0.05, 0) is 49.6 Å².